The van der Waals surface area contributed by atoms with Crippen LogP contribution >= 0.6 is 11.6 Å². The van der Waals surface area contributed by atoms with Gasteiger partial charge in [-0.3, -0.25) is 4.79 Å². The summed E-state index contributed by atoms with van der Waals surface area (Å²) in [5.74, 6) is 1.02. The van der Waals surface area contributed by atoms with Gasteiger partial charge < -0.3 is 5.32 Å². The second kappa shape index (κ2) is 6.61. The first kappa shape index (κ1) is 16.9. The number of anilines is 2. The molecule has 1 heterocycles. The number of hydrogen-bond acceptors (Lipinski definition) is 3. The van der Waals surface area contributed by atoms with Gasteiger partial charge in [0.25, 0.3) is 0 Å². The van der Waals surface area contributed by atoms with Crippen molar-refractivity contribution in [1.82, 2.24) is 9.78 Å². The number of nitrogens with zero attached hydrogens (tertiary/aromatic N) is 2. The van der Waals surface area contributed by atoms with Gasteiger partial charge in [0.05, 0.1) is 27.7 Å². The van der Waals surface area contributed by atoms with Crippen LogP contribution in [-0.4, -0.2) is 15.6 Å². The molecule has 4 rings (SSSR count). The van der Waals surface area contributed by atoms with E-state index in [4.69, 9.17) is 16.7 Å². The Bertz CT molecular complexity index is 978. The summed E-state index contributed by atoms with van der Waals surface area (Å²) in [6.07, 6.45) is 1.37. The highest BCUT2D eigenvalue weighted by Crippen LogP contribution is 2.35. The fourth-order valence-corrected chi connectivity index (χ4v) is 3.76. The van der Waals surface area contributed by atoms with E-state index in [1.54, 1.807) is 0 Å². The third kappa shape index (κ3) is 3.01. The largest absolute Gasteiger partial charge is 0.337 e. The maximum absolute atomic E-state index is 12.8. The summed E-state index contributed by atoms with van der Waals surface area (Å²) < 4.78 is 1.88. The number of aromatic nitrogens is 2. The van der Waals surface area contributed by atoms with E-state index in [1.807, 2.05) is 60.1 Å². The number of halogens is 1. The van der Waals surface area contributed by atoms with E-state index >= 15 is 0 Å². The number of carbonyl (C=O) groups excluding carboxylic acids is 1. The van der Waals surface area contributed by atoms with Crippen molar-refractivity contribution in [3.8, 4) is 5.69 Å². The van der Waals surface area contributed by atoms with Crippen LogP contribution in [0, 0.1) is 12.8 Å². The highest BCUT2D eigenvalue weighted by molar-refractivity contribution is 6.33. The molecule has 0 unspecified atom stereocenters. The van der Waals surface area contributed by atoms with Gasteiger partial charge in [-0.25, -0.2) is 4.68 Å². The normalized spacial score (nSPS) is 16.4. The Morgan fingerprint density at radius 1 is 1.15 bits per heavy atom. The minimum Gasteiger partial charge on any atom is -0.337 e. The summed E-state index contributed by atoms with van der Waals surface area (Å²) in [4.78, 5) is 12.8. The SMILES string of the molecule is Cc1ccc(Nc2nn(-c3ccccc3)c3c2C(=O)C[C@H](C)C3)c(Cl)c1. The summed E-state index contributed by atoms with van der Waals surface area (Å²) in [5.41, 5.74) is 4.44. The first-order valence-electron chi connectivity index (χ1n) is 8.76. The zero-order valence-electron chi connectivity index (χ0n) is 14.8. The van der Waals surface area contributed by atoms with Gasteiger partial charge in [-0.05, 0) is 49.1 Å². The molecule has 0 amide bonds. The lowest BCUT2D eigenvalue weighted by molar-refractivity contribution is 0.0953. The molecule has 0 saturated heterocycles. The Hall–Kier alpha value is -2.59. The highest BCUT2D eigenvalue weighted by atomic mass is 35.5. The molecular formula is C21H20ClN3O. The molecule has 132 valence electrons. The van der Waals surface area contributed by atoms with Gasteiger partial charge in [0.1, 0.15) is 0 Å². The molecule has 0 spiro atoms. The zero-order valence-corrected chi connectivity index (χ0v) is 15.5. The molecule has 0 bridgehead atoms. The van der Waals surface area contributed by atoms with Gasteiger partial charge in [0.15, 0.2) is 11.6 Å². The molecule has 0 radical (unpaired) electrons. The lowest BCUT2D eigenvalue weighted by Gasteiger charge is -2.19. The fourth-order valence-electron chi connectivity index (χ4n) is 3.47. The van der Waals surface area contributed by atoms with Gasteiger partial charge >= 0.3 is 0 Å². The third-order valence-corrected chi connectivity index (χ3v) is 5.03. The molecule has 3 aromatic rings. The Morgan fingerprint density at radius 3 is 2.65 bits per heavy atom. The van der Waals surface area contributed by atoms with Crippen LogP contribution in [0.3, 0.4) is 0 Å². The third-order valence-electron chi connectivity index (χ3n) is 4.71. The number of para-hydroxylation sites is 1. The zero-order chi connectivity index (χ0) is 18.3. The van der Waals surface area contributed by atoms with E-state index in [-0.39, 0.29) is 5.78 Å². The van der Waals surface area contributed by atoms with Gasteiger partial charge in [0, 0.05) is 6.42 Å². The van der Waals surface area contributed by atoms with Crippen molar-refractivity contribution in [2.24, 2.45) is 5.92 Å². The number of benzene rings is 2. The van der Waals surface area contributed by atoms with Crippen LogP contribution < -0.4 is 5.32 Å². The van der Waals surface area contributed by atoms with Gasteiger partial charge in [0.2, 0.25) is 0 Å². The number of carbonyl (C=O) groups is 1. The van der Waals surface area contributed by atoms with E-state index in [1.165, 1.54) is 0 Å². The number of nitrogens with one attached hydrogen (secondary N) is 1. The number of fused-ring (bicyclic) bond motifs is 1. The summed E-state index contributed by atoms with van der Waals surface area (Å²) in [7, 11) is 0. The summed E-state index contributed by atoms with van der Waals surface area (Å²) in [5, 5.41) is 8.63. The summed E-state index contributed by atoms with van der Waals surface area (Å²) >= 11 is 6.36. The molecule has 26 heavy (non-hydrogen) atoms. The molecule has 0 aliphatic heterocycles. The minimum absolute atomic E-state index is 0.131. The van der Waals surface area contributed by atoms with Crippen molar-refractivity contribution in [2.75, 3.05) is 5.32 Å². The highest BCUT2D eigenvalue weighted by Gasteiger charge is 2.31. The summed E-state index contributed by atoms with van der Waals surface area (Å²) in [6.45, 7) is 4.10. The topological polar surface area (TPSA) is 46.9 Å². The number of Topliss-reactive ketones (excluding diaryl/α,β-unsaturated/α-hetero) is 1. The standard InChI is InChI=1S/C21H20ClN3O/c1-13-8-9-17(16(22)10-13)23-21-20-18(11-14(2)12-19(20)26)25(24-21)15-6-4-3-5-7-15/h3-10,14H,11-12H2,1-2H3,(H,23,24)/t14-/m1/s1. The van der Waals surface area contributed by atoms with Crippen LogP contribution in [-0.2, 0) is 6.42 Å². The predicted molar refractivity (Wildman–Crippen MR) is 105 cm³/mol. The molecule has 5 heteroatoms. The van der Waals surface area contributed by atoms with Crippen LogP contribution in [0.2, 0.25) is 5.02 Å². The van der Waals surface area contributed by atoms with Gasteiger partial charge in [-0.1, -0.05) is 42.8 Å². The first-order valence-corrected chi connectivity index (χ1v) is 9.14. The van der Waals surface area contributed by atoms with E-state index < -0.39 is 0 Å². The van der Waals surface area contributed by atoms with Crippen molar-refractivity contribution in [3.05, 3.63) is 70.4 Å². The molecule has 2 aromatic carbocycles. The molecule has 0 fully saturated rings. The Morgan fingerprint density at radius 2 is 1.92 bits per heavy atom. The Balaban J connectivity index is 1.84. The molecule has 1 N–H and O–H groups in total. The second-order valence-corrected chi connectivity index (χ2v) is 7.37. The number of aryl methyl sites for hydroxylation is 1. The van der Waals surface area contributed by atoms with Crippen LogP contribution in [0.25, 0.3) is 5.69 Å². The summed E-state index contributed by atoms with van der Waals surface area (Å²) in [6, 6.07) is 15.7. The fraction of sp³-hybridized carbons (Fsp3) is 0.238. The monoisotopic (exact) mass is 365 g/mol. The lowest BCUT2D eigenvalue weighted by Crippen LogP contribution is -2.19. The number of ketones is 1. The quantitative estimate of drug-likeness (QED) is 0.681. The minimum atomic E-state index is 0.131. The average molecular weight is 366 g/mol. The molecule has 4 nitrogen and oxygen atoms in total. The van der Waals surface area contributed by atoms with Crippen molar-refractivity contribution in [2.45, 2.75) is 26.7 Å². The molecule has 1 aromatic heterocycles. The Kier molecular flexibility index (Phi) is 4.29. The van der Waals surface area contributed by atoms with Crippen LogP contribution in [0.4, 0.5) is 11.5 Å². The molecule has 1 aliphatic rings. The van der Waals surface area contributed by atoms with Crippen molar-refractivity contribution < 1.29 is 4.79 Å². The number of rotatable bonds is 3. The molecule has 0 saturated carbocycles. The first-order chi connectivity index (χ1) is 12.5. The van der Waals surface area contributed by atoms with E-state index in [9.17, 15) is 4.79 Å². The lowest BCUT2D eigenvalue weighted by atomic mass is 9.87. The molecule has 1 aliphatic carbocycles. The van der Waals surface area contributed by atoms with Crippen molar-refractivity contribution in [3.63, 3.8) is 0 Å². The second-order valence-electron chi connectivity index (χ2n) is 6.96. The van der Waals surface area contributed by atoms with E-state index in [0.29, 0.717) is 28.7 Å². The van der Waals surface area contributed by atoms with Crippen LogP contribution in [0.15, 0.2) is 48.5 Å². The Labute approximate surface area is 157 Å². The van der Waals surface area contributed by atoms with Gasteiger partial charge in [-0.2, -0.15) is 0 Å². The van der Waals surface area contributed by atoms with E-state index in [0.717, 1.165) is 29.1 Å². The van der Waals surface area contributed by atoms with Crippen molar-refractivity contribution >= 4 is 28.9 Å². The molecular weight excluding hydrogens is 346 g/mol. The van der Waals surface area contributed by atoms with Crippen molar-refractivity contribution in [1.29, 1.82) is 0 Å². The maximum Gasteiger partial charge on any atom is 0.168 e. The maximum atomic E-state index is 12.8. The molecule has 1 atom stereocenters. The average Bonchev–Trinajstić information content (AvgIpc) is 2.96. The smallest absolute Gasteiger partial charge is 0.168 e. The van der Waals surface area contributed by atoms with Gasteiger partial charge in [-0.15, -0.1) is 5.10 Å². The van der Waals surface area contributed by atoms with Crippen LogP contribution in [0.5, 0.6) is 0 Å². The van der Waals surface area contributed by atoms with Crippen LogP contribution in [0.1, 0.15) is 35.0 Å². The predicted octanol–water partition coefficient (Wildman–Crippen LogP) is 5.34. The van der Waals surface area contributed by atoms with E-state index in [2.05, 4.69) is 12.2 Å². The number of hydrogen-bond donors (Lipinski definition) is 1.